The molecule has 0 aromatic heterocycles. The van der Waals surface area contributed by atoms with Gasteiger partial charge in [-0.15, -0.1) is 0 Å². The number of allylic oxidation sites excluding steroid dienone is 2. The second kappa shape index (κ2) is 72.6. The molecule has 0 radical (unpaired) electrons. The maximum Gasteiger partial charge on any atom is 0.306 e. The van der Waals surface area contributed by atoms with Crippen molar-refractivity contribution in [3.05, 3.63) is 12.2 Å². The summed E-state index contributed by atoms with van der Waals surface area (Å²) < 4.78 is 16.9. The Labute approximate surface area is 520 Å². The SMILES string of the molecule is CCCCCCCCCC/C=C\CCCCCCCCCCCCCC(=O)OC(COC(=O)CCCCCCCCCC)COC(=O)CCCCCCCCCCCCCCCCCCCCCCCCCCCCCCCCCCCC. The van der Waals surface area contributed by atoms with Gasteiger partial charge in [0.1, 0.15) is 13.2 Å². The van der Waals surface area contributed by atoms with Crippen LogP contribution in [0.4, 0.5) is 0 Å². The van der Waals surface area contributed by atoms with Gasteiger partial charge in [-0.3, -0.25) is 14.4 Å². The Balaban J connectivity index is 3.96. The number of hydrogen-bond acceptors (Lipinski definition) is 6. The number of ether oxygens (including phenoxy) is 3. The quantitative estimate of drug-likeness (QED) is 0.0261. The van der Waals surface area contributed by atoms with Crippen LogP contribution in [0.2, 0.25) is 0 Å². The zero-order valence-electron chi connectivity index (χ0n) is 56.8. The molecule has 492 valence electrons. The summed E-state index contributed by atoms with van der Waals surface area (Å²) in [7, 11) is 0. The van der Waals surface area contributed by atoms with Gasteiger partial charge in [-0.25, -0.2) is 0 Å². The second-order valence-corrected chi connectivity index (χ2v) is 26.3. The molecular weight excluding hydrogens is 1020 g/mol. The van der Waals surface area contributed by atoms with E-state index in [-0.39, 0.29) is 31.1 Å². The summed E-state index contributed by atoms with van der Waals surface area (Å²) in [6, 6.07) is 0. The van der Waals surface area contributed by atoms with Crippen molar-refractivity contribution >= 4 is 17.9 Å². The van der Waals surface area contributed by atoms with E-state index in [1.54, 1.807) is 0 Å². The summed E-state index contributed by atoms with van der Waals surface area (Å²) in [6.07, 6.45) is 88.7. The lowest BCUT2D eigenvalue weighted by molar-refractivity contribution is -0.167. The minimum Gasteiger partial charge on any atom is -0.462 e. The molecule has 0 spiro atoms. The molecule has 0 heterocycles. The molecule has 0 fully saturated rings. The Hall–Kier alpha value is -1.85. The topological polar surface area (TPSA) is 78.9 Å². The summed E-state index contributed by atoms with van der Waals surface area (Å²) in [5.74, 6) is -0.836. The number of carbonyl (C=O) groups excluding carboxylic acids is 3. The van der Waals surface area contributed by atoms with Crippen LogP contribution < -0.4 is 0 Å². The maximum absolute atomic E-state index is 12.9. The van der Waals surface area contributed by atoms with Crippen LogP contribution in [0, 0.1) is 0 Å². The largest absolute Gasteiger partial charge is 0.462 e. The summed E-state index contributed by atoms with van der Waals surface area (Å²) in [5, 5.41) is 0. The molecule has 0 aliphatic rings. The van der Waals surface area contributed by atoms with Crippen molar-refractivity contribution in [3.63, 3.8) is 0 Å². The highest BCUT2D eigenvalue weighted by Crippen LogP contribution is 2.20. The van der Waals surface area contributed by atoms with E-state index in [1.165, 1.54) is 347 Å². The normalized spacial score (nSPS) is 12.0. The molecule has 0 aliphatic heterocycles. The molecule has 0 saturated carbocycles. The Morgan fingerprint density at radius 1 is 0.229 bits per heavy atom. The van der Waals surface area contributed by atoms with Crippen molar-refractivity contribution in [2.45, 2.75) is 451 Å². The Bertz CT molecular complexity index is 1300. The van der Waals surface area contributed by atoms with Crippen LogP contribution in [0.15, 0.2) is 12.2 Å². The molecule has 0 rings (SSSR count). The van der Waals surface area contributed by atoms with Gasteiger partial charge >= 0.3 is 17.9 Å². The Kier molecular flexibility index (Phi) is 71.0. The molecule has 0 N–H and O–H groups in total. The van der Waals surface area contributed by atoms with E-state index in [1.807, 2.05) is 0 Å². The van der Waals surface area contributed by atoms with Gasteiger partial charge in [-0.2, -0.15) is 0 Å². The summed E-state index contributed by atoms with van der Waals surface area (Å²) in [6.45, 7) is 6.70. The zero-order valence-corrected chi connectivity index (χ0v) is 56.8. The fourth-order valence-electron chi connectivity index (χ4n) is 12.0. The monoisotopic (exact) mass is 1170 g/mol. The first kappa shape index (κ1) is 81.2. The molecule has 0 amide bonds. The molecule has 1 atom stereocenters. The average molecular weight is 1170 g/mol. The van der Waals surface area contributed by atoms with Crippen LogP contribution in [0.1, 0.15) is 445 Å². The highest BCUT2D eigenvalue weighted by atomic mass is 16.6. The molecular formula is C77H148O6. The third kappa shape index (κ3) is 70.8. The van der Waals surface area contributed by atoms with Gasteiger partial charge in [0.05, 0.1) is 0 Å². The van der Waals surface area contributed by atoms with Crippen LogP contribution in [0.25, 0.3) is 0 Å². The molecule has 83 heavy (non-hydrogen) atoms. The number of unbranched alkanes of at least 4 members (excludes halogenated alkanes) is 59. The average Bonchev–Trinajstić information content (AvgIpc) is 3.49. The van der Waals surface area contributed by atoms with Crippen LogP contribution >= 0.6 is 0 Å². The summed E-state index contributed by atoms with van der Waals surface area (Å²) >= 11 is 0. The van der Waals surface area contributed by atoms with Crippen molar-refractivity contribution in [1.82, 2.24) is 0 Å². The predicted octanol–water partition coefficient (Wildman–Crippen LogP) is 26.3. The number of carbonyl (C=O) groups is 3. The van der Waals surface area contributed by atoms with E-state index in [0.29, 0.717) is 19.3 Å². The third-order valence-electron chi connectivity index (χ3n) is 17.8. The Morgan fingerprint density at radius 3 is 0.602 bits per heavy atom. The Morgan fingerprint density at radius 2 is 0.398 bits per heavy atom. The van der Waals surface area contributed by atoms with Crippen molar-refractivity contribution in [1.29, 1.82) is 0 Å². The maximum atomic E-state index is 12.9. The minimum atomic E-state index is -0.766. The van der Waals surface area contributed by atoms with Gasteiger partial charge in [0, 0.05) is 19.3 Å². The van der Waals surface area contributed by atoms with E-state index < -0.39 is 6.10 Å². The van der Waals surface area contributed by atoms with Gasteiger partial charge < -0.3 is 14.2 Å². The third-order valence-corrected chi connectivity index (χ3v) is 17.8. The molecule has 1 unspecified atom stereocenters. The zero-order chi connectivity index (χ0) is 59.9. The first-order valence-electron chi connectivity index (χ1n) is 38.2. The molecule has 0 bridgehead atoms. The number of hydrogen-bond donors (Lipinski definition) is 0. The van der Waals surface area contributed by atoms with Crippen molar-refractivity contribution in [2.24, 2.45) is 0 Å². The predicted molar refractivity (Wildman–Crippen MR) is 363 cm³/mol. The van der Waals surface area contributed by atoms with Gasteiger partial charge in [0.25, 0.3) is 0 Å². The van der Waals surface area contributed by atoms with Gasteiger partial charge in [0.2, 0.25) is 0 Å². The summed E-state index contributed by atoms with van der Waals surface area (Å²) in [4.78, 5) is 38.3. The first-order chi connectivity index (χ1) is 41.0. The van der Waals surface area contributed by atoms with Crippen LogP contribution in [-0.4, -0.2) is 37.2 Å². The van der Waals surface area contributed by atoms with E-state index >= 15 is 0 Å². The molecule has 0 aromatic carbocycles. The van der Waals surface area contributed by atoms with Gasteiger partial charge in [-0.1, -0.05) is 392 Å². The smallest absolute Gasteiger partial charge is 0.306 e. The fourth-order valence-corrected chi connectivity index (χ4v) is 12.0. The van der Waals surface area contributed by atoms with E-state index in [0.717, 1.165) is 57.8 Å². The van der Waals surface area contributed by atoms with Crippen molar-refractivity contribution in [3.8, 4) is 0 Å². The minimum absolute atomic E-state index is 0.0638. The highest BCUT2D eigenvalue weighted by Gasteiger charge is 2.20. The van der Waals surface area contributed by atoms with Crippen molar-refractivity contribution < 1.29 is 28.6 Å². The molecule has 6 heteroatoms. The molecule has 0 aliphatic carbocycles. The number of rotatable bonds is 72. The van der Waals surface area contributed by atoms with Gasteiger partial charge in [0.15, 0.2) is 6.10 Å². The summed E-state index contributed by atoms with van der Waals surface area (Å²) in [5.41, 5.74) is 0. The van der Waals surface area contributed by atoms with Crippen LogP contribution in [-0.2, 0) is 28.6 Å². The lowest BCUT2D eigenvalue weighted by atomic mass is 10.0. The lowest BCUT2D eigenvalue weighted by Crippen LogP contribution is -2.30. The van der Waals surface area contributed by atoms with Gasteiger partial charge in [-0.05, 0) is 44.9 Å². The first-order valence-corrected chi connectivity index (χ1v) is 38.2. The second-order valence-electron chi connectivity index (χ2n) is 26.3. The van der Waals surface area contributed by atoms with Crippen LogP contribution in [0.3, 0.4) is 0 Å². The lowest BCUT2D eigenvalue weighted by Gasteiger charge is -2.18. The highest BCUT2D eigenvalue weighted by molar-refractivity contribution is 5.71. The molecule has 0 saturated heterocycles. The van der Waals surface area contributed by atoms with Crippen molar-refractivity contribution in [2.75, 3.05) is 13.2 Å². The van der Waals surface area contributed by atoms with E-state index in [9.17, 15) is 14.4 Å². The standard InChI is InChI=1S/C77H148O6/c1-4-7-10-13-16-19-21-23-25-27-29-31-33-34-35-36-37-38-39-40-41-42-43-45-46-48-50-52-54-56-58-61-64-67-70-76(79)82-73-74(72-81-75(78)69-66-63-60-18-15-12-9-6-3)83-77(80)71-68-65-62-59-57-55-53-51-49-47-44-32-30-28-26-24-22-20-17-14-11-8-5-2/h28,30,74H,4-27,29,31-73H2,1-3H3/b30-28-. The van der Waals surface area contributed by atoms with E-state index in [2.05, 4.69) is 32.9 Å². The van der Waals surface area contributed by atoms with Crippen LogP contribution in [0.5, 0.6) is 0 Å². The van der Waals surface area contributed by atoms with E-state index in [4.69, 9.17) is 14.2 Å². The molecule has 0 aromatic rings. The number of esters is 3. The molecule has 6 nitrogen and oxygen atoms in total. The fraction of sp³-hybridized carbons (Fsp3) is 0.935.